The van der Waals surface area contributed by atoms with Gasteiger partial charge in [0, 0.05) is 7.05 Å². The third kappa shape index (κ3) is 3.03. The van der Waals surface area contributed by atoms with E-state index in [1.54, 1.807) is 0 Å². The molecule has 1 N–H and O–H groups in total. The van der Waals surface area contributed by atoms with Crippen LogP contribution in [0.4, 0.5) is 4.39 Å². The molecule has 116 valence electrons. The van der Waals surface area contributed by atoms with Crippen LogP contribution in [0.5, 0.6) is 0 Å². The molecule has 2 atom stereocenters. The second-order valence-corrected chi connectivity index (χ2v) is 7.05. The average molecular weight is 338 g/mol. The van der Waals surface area contributed by atoms with Gasteiger partial charge in [-0.2, -0.15) is 4.31 Å². The van der Waals surface area contributed by atoms with E-state index in [4.69, 9.17) is 21.4 Å². The number of hydrogen-bond acceptors (Lipinski definition) is 4. The number of likely N-dealkylation sites (N-methyl/N-ethyl adjacent to an activating group) is 1. The van der Waals surface area contributed by atoms with Crippen molar-refractivity contribution in [3.8, 4) is 0 Å². The molecule has 2 rings (SSSR count). The lowest BCUT2D eigenvalue weighted by Gasteiger charge is -2.25. The van der Waals surface area contributed by atoms with E-state index in [1.165, 1.54) is 7.05 Å². The fourth-order valence-corrected chi connectivity index (χ4v) is 3.77. The SMILES string of the molecule is CN(C1COCC1C(=O)O)S(=O)(=O)c1ccc(F)c(Cl)c1. The van der Waals surface area contributed by atoms with Gasteiger partial charge in [0.1, 0.15) is 5.82 Å². The summed E-state index contributed by atoms with van der Waals surface area (Å²) < 4.78 is 44.0. The lowest BCUT2D eigenvalue weighted by molar-refractivity contribution is -0.142. The smallest absolute Gasteiger partial charge is 0.310 e. The molecule has 1 saturated heterocycles. The summed E-state index contributed by atoms with van der Waals surface area (Å²) in [6, 6.07) is 2.20. The van der Waals surface area contributed by atoms with Gasteiger partial charge >= 0.3 is 5.97 Å². The van der Waals surface area contributed by atoms with Crippen molar-refractivity contribution < 1.29 is 27.4 Å². The summed E-state index contributed by atoms with van der Waals surface area (Å²) in [6.45, 7) is -0.0638. The highest BCUT2D eigenvalue weighted by molar-refractivity contribution is 7.89. The molecule has 0 aromatic heterocycles. The Morgan fingerprint density at radius 1 is 1.48 bits per heavy atom. The number of aliphatic carboxylic acids is 1. The maximum atomic E-state index is 13.1. The fraction of sp³-hybridized carbons (Fsp3) is 0.417. The molecular formula is C12H13ClFNO5S. The number of sulfonamides is 1. The molecule has 1 aromatic rings. The normalized spacial score (nSPS) is 22.7. The molecule has 21 heavy (non-hydrogen) atoms. The van der Waals surface area contributed by atoms with Crippen LogP contribution in [0.1, 0.15) is 0 Å². The molecule has 0 saturated carbocycles. The minimum Gasteiger partial charge on any atom is -0.481 e. The minimum absolute atomic E-state index is 0.0123. The molecule has 0 bridgehead atoms. The second kappa shape index (κ2) is 5.88. The van der Waals surface area contributed by atoms with E-state index in [-0.39, 0.29) is 23.1 Å². The summed E-state index contributed by atoms with van der Waals surface area (Å²) in [5.74, 6) is -2.80. The molecule has 1 aliphatic heterocycles. The second-order valence-electron chi connectivity index (χ2n) is 4.65. The maximum absolute atomic E-state index is 13.1. The molecule has 0 amide bonds. The predicted molar refractivity (Wildman–Crippen MR) is 72.1 cm³/mol. The van der Waals surface area contributed by atoms with Crippen molar-refractivity contribution in [3.05, 3.63) is 29.0 Å². The molecular weight excluding hydrogens is 325 g/mol. The summed E-state index contributed by atoms with van der Waals surface area (Å²) in [4.78, 5) is 10.9. The molecule has 1 aromatic carbocycles. The Kier molecular flexibility index (Phi) is 4.52. The first-order valence-corrected chi connectivity index (χ1v) is 7.80. The van der Waals surface area contributed by atoms with Crippen molar-refractivity contribution in [2.24, 2.45) is 5.92 Å². The van der Waals surface area contributed by atoms with Gasteiger partial charge in [-0.15, -0.1) is 0 Å². The van der Waals surface area contributed by atoms with Crippen LogP contribution in [-0.4, -0.2) is 50.1 Å². The largest absolute Gasteiger partial charge is 0.481 e. The zero-order chi connectivity index (χ0) is 15.8. The van der Waals surface area contributed by atoms with Crippen molar-refractivity contribution in [1.29, 1.82) is 0 Å². The van der Waals surface area contributed by atoms with E-state index in [2.05, 4.69) is 0 Å². The first-order chi connectivity index (χ1) is 9.75. The highest BCUT2D eigenvalue weighted by atomic mass is 35.5. The minimum atomic E-state index is -3.99. The van der Waals surface area contributed by atoms with Crippen LogP contribution in [0.25, 0.3) is 0 Å². The summed E-state index contributed by atoms with van der Waals surface area (Å²) in [5, 5.41) is 8.76. The van der Waals surface area contributed by atoms with Gasteiger partial charge in [0.05, 0.1) is 35.1 Å². The first kappa shape index (κ1) is 16.2. The highest BCUT2D eigenvalue weighted by Gasteiger charge is 2.41. The first-order valence-electron chi connectivity index (χ1n) is 5.99. The predicted octanol–water partition coefficient (Wildman–Crippen LogP) is 1.20. The summed E-state index contributed by atoms with van der Waals surface area (Å²) >= 11 is 5.59. The summed E-state index contributed by atoms with van der Waals surface area (Å²) in [5.41, 5.74) is 0. The number of carboxylic acids is 1. The van der Waals surface area contributed by atoms with E-state index in [1.807, 2.05) is 0 Å². The number of hydrogen-bond donors (Lipinski definition) is 1. The van der Waals surface area contributed by atoms with Crippen LogP contribution in [0, 0.1) is 11.7 Å². The Bertz CT molecular complexity index is 666. The molecule has 9 heteroatoms. The molecule has 6 nitrogen and oxygen atoms in total. The van der Waals surface area contributed by atoms with Crippen molar-refractivity contribution in [2.45, 2.75) is 10.9 Å². The Balaban J connectivity index is 2.34. The number of halogens is 2. The number of carbonyl (C=O) groups is 1. The van der Waals surface area contributed by atoms with Gasteiger partial charge in [-0.3, -0.25) is 4.79 Å². The third-order valence-electron chi connectivity index (χ3n) is 3.40. The number of carboxylic acid groups (broad SMARTS) is 1. The van der Waals surface area contributed by atoms with Crippen molar-refractivity contribution in [3.63, 3.8) is 0 Å². The average Bonchev–Trinajstić information content (AvgIpc) is 2.90. The van der Waals surface area contributed by atoms with Gasteiger partial charge in [-0.1, -0.05) is 11.6 Å². The van der Waals surface area contributed by atoms with Crippen LogP contribution in [-0.2, 0) is 19.6 Å². The molecule has 0 radical (unpaired) electrons. The van der Waals surface area contributed by atoms with Gasteiger partial charge in [0.2, 0.25) is 10.0 Å². The number of nitrogens with zero attached hydrogens (tertiary/aromatic N) is 1. The summed E-state index contributed by atoms with van der Waals surface area (Å²) in [6.07, 6.45) is 0. The van der Waals surface area contributed by atoms with Crippen LogP contribution in [0.3, 0.4) is 0 Å². The van der Waals surface area contributed by atoms with E-state index in [9.17, 15) is 17.6 Å². The van der Waals surface area contributed by atoms with Gasteiger partial charge in [-0.05, 0) is 18.2 Å². The Morgan fingerprint density at radius 2 is 2.14 bits per heavy atom. The molecule has 0 spiro atoms. The van der Waals surface area contributed by atoms with Gasteiger partial charge in [0.25, 0.3) is 0 Å². The van der Waals surface area contributed by atoms with Crippen LogP contribution in [0.15, 0.2) is 23.1 Å². The van der Waals surface area contributed by atoms with E-state index in [0.717, 1.165) is 22.5 Å². The summed E-state index contributed by atoms with van der Waals surface area (Å²) in [7, 11) is -2.72. The highest BCUT2D eigenvalue weighted by Crippen LogP contribution is 2.27. The van der Waals surface area contributed by atoms with Gasteiger partial charge in [0.15, 0.2) is 0 Å². The quantitative estimate of drug-likeness (QED) is 0.892. The monoisotopic (exact) mass is 337 g/mol. The zero-order valence-electron chi connectivity index (χ0n) is 11.0. The van der Waals surface area contributed by atoms with E-state index in [0.29, 0.717) is 0 Å². The third-order valence-corrected chi connectivity index (χ3v) is 5.57. The lowest BCUT2D eigenvalue weighted by atomic mass is 10.1. The van der Waals surface area contributed by atoms with Crippen molar-refractivity contribution >= 4 is 27.6 Å². The van der Waals surface area contributed by atoms with Crippen LogP contribution < -0.4 is 0 Å². The fourth-order valence-electron chi connectivity index (χ4n) is 2.12. The number of benzene rings is 1. The van der Waals surface area contributed by atoms with Gasteiger partial charge in [-0.25, -0.2) is 12.8 Å². The maximum Gasteiger partial charge on any atom is 0.310 e. The van der Waals surface area contributed by atoms with E-state index < -0.39 is 33.8 Å². The Labute approximate surface area is 126 Å². The van der Waals surface area contributed by atoms with Crippen molar-refractivity contribution in [2.75, 3.05) is 20.3 Å². The van der Waals surface area contributed by atoms with Crippen LogP contribution in [0.2, 0.25) is 5.02 Å². The molecule has 1 fully saturated rings. The van der Waals surface area contributed by atoms with Crippen molar-refractivity contribution in [1.82, 2.24) is 4.31 Å². The number of rotatable bonds is 4. The molecule has 0 aliphatic carbocycles. The molecule has 2 unspecified atom stereocenters. The Hall–Kier alpha value is -1.22. The zero-order valence-corrected chi connectivity index (χ0v) is 12.6. The Morgan fingerprint density at radius 3 is 2.71 bits per heavy atom. The van der Waals surface area contributed by atoms with E-state index >= 15 is 0 Å². The molecule has 1 heterocycles. The van der Waals surface area contributed by atoms with Gasteiger partial charge < -0.3 is 9.84 Å². The standard InChI is InChI=1S/C12H13ClFNO5S/c1-15(11-6-20-5-8(11)12(16)17)21(18,19)7-2-3-10(14)9(13)4-7/h2-4,8,11H,5-6H2,1H3,(H,16,17). The topological polar surface area (TPSA) is 83.9 Å². The lowest BCUT2D eigenvalue weighted by Crippen LogP contribution is -2.44. The van der Waals surface area contributed by atoms with Crippen LogP contribution >= 0.6 is 11.6 Å². The molecule has 1 aliphatic rings. The number of ether oxygens (including phenoxy) is 1.